The highest BCUT2D eigenvalue weighted by molar-refractivity contribution is 6.10. The summed E-state index contributed by atoms with van der Waals surface area (Å²) >= 11 is 0. The van der Waals surface area contributed by atoms with E-state index in [1.54, 1.807) is 0 Å². The summed E-state index contributed by atoms with van der Waals surface area (Å²) < 4.78 is 6.61. The standard InChI is InChI=1S/C62H41NO/c1-3-15-40(16-4-1)41-29-31-42(32-30-41)44-17-13-18-45(39-44)49-38-37-48(60-58-51-22-7-9-24-53(51)59(61(49)60)54-25-10-8-23-52(54)58)43-33-35-47(36-34-43)63(46-19-5-2-6-20-46)56-27-14-26-55-50-21-11-12-28-57(50)64-62(55)56/h1-39,58-59H. The minimum Gasteiger partial charge on any atom is -0.454 e. The van der Waals surface area contributed by atoms with Crippen molar-refractivity contribution in [1.82, 2.24) is 0 Å². The molecule has 1 aromatic heterocycles. The molecule has 0 N–H and O–H groups in total. The van der Waals surface area contributed by atoms with Crippen LogP contribution >= 0.6 is 0 Å². The van der Waals surface area contributed by atoms with Gasteiger partial charge in [-0.15, -0.1) is 0 Å². The third-order valence-electron chi connectivity index (χ3n) is 13.7. The summed E-state index contributed by atoms with van der Waals surface area (Å²) in [7, 11) is 0. The summed E-state index contributed by atoms with van der Waals surface area (Å²) in [5.74, 6) is 0.232. The van der Waals surface area contributed by atoms with Gasteiger partial charge < -0.3 is 9.32 Å². The van der Waals surface area contributed by atoms with Gasteiger partial charge in [0.1, 0.15) is 5.58 Å². The highest BCUT2D eigenvalue weighted by atomic mass is 16.3. The van der Waals surface area contributed by atoms with Crippen molar-refractivity contribution < 1.29 is 4.42 Å². The second-order valence-electron chi connectivity index (χ2n) is 17.1. The van der Waals surface area contributed by atoms with Gasteiger partial charge in [0.25, 0.3) is 0 Å². The molecule has 11 aromatic rings. The zero-order valence-electron chi connectivity index (χ0n) is 35.0. The Bertz CT molecular complexity index is 3500. The van der Waals surface area contributed by atoms with Crippen LogP contribution in [-0.2, 0) is 0 Å². The Morgan fingerprint density at radius 2 is 0.766 bits per heavy atom. The predicted octanol–water partition coefficient (Wildman–Crippen LogP) is 16.7. The first kappa shape index (κ1) is 36.5. The minimum atomic E-state index is 0.113. The van der Waals surface area contributed by atoms with Gasteiger partial charge in [-0.3, -0.25) is 0 Å². The molecule has 0 saturated carbocycles. The second-order valence-corrected chi connectivity index (χ2v) is 17.1. The molecule has 2 bridgehead atoms. The summed E-state index contributed by atoms with van der Waals surface area (Å²) in [6.07, 6.45) is 0. The maximum Gasteiger partial charge on any atom is 0.159 e. The van der Waals surface area contributed by atoms with Gasteiger partial charge in [0.05, 0.1) is 5.69 Å². The molecule has 14 rings (SSSR count). The monoisotopic (exact) mass is 815 g/mol. The number of furan rings is 1. The van der Waals surface area contributed by atoms with Crippen LogP contribution in [0, 0.1) is 0 Å². The van der Waals surface area contributed by atoms with E-state index in [4.69, 9.17) is 4.42 Å². The van der Waals surface area contributed by atoms with E-state index in [1.165, 1.54) is 77.9 Å². The van der Waals surface area contributed by atoms with Crippen molar-refractivity contribution in [2.75, 3.05) is 4.90 Å². The van der Waals surface area contributed by atoms with Gasteiger partial charge in [-0.1, -0.05) is 194 Å². The van der Waals surface area contributed by atoms with Crippen molar-refractivity contribution in [3.05, 3.63) is 270 Å². The number of hydrogen-bond acceptors (Lipinski definition) is 2. The largest absolute Gasteiger partial charge is 0.454 e. The highest BCUT2D eigenvalue weighted by Gasteiger charge is 2.43. The molecule has 0 radical (unpaired) electrons. The molecule has 2 nitrogen and oxygen atoms in total. The number of anilines is 3. The Hall–Kier alpha value is -8.20. The Labute approximate surface area is 373 Å². The predicted molar refractivity (Wildman–Crippen MR) is 265 cm³/mol. The van der Waals surface area contributed by atoms with Gasteiger partial charge in [0.15, 0.2) is 5.58 Å². The maximum atomic E-state index is 6.61. The lowest BCUT2D eigenvalue weighted by Gasteiger charge is -2.44. The first-order chi connectivity index (χ1) is 31.8. The first-order valence-corrected chi connectivity index (χ1v) is 22.2. The molecule has 64 heavy (non-hydrogen) atoms. The van der Waals surface area contributed by atoms with Crippen LogP contribution in [0.15, 0.2) is 241 Å². The third kappa shape index (κ3) is 5.73. The van der Waals surface area contributed by atoms with E-state index in [0.29, 0.717) is 0 Å². The second kappa shape index (κ2) is 14.7. The van der Waals surface area contributed by atoms with Gasteiger partial charge >= 0.3 is 0 Å². The van der Waals surface area contributed by atoms with Gasteiger partial charge in [-0.25, -0.2) is 0 Å². The zero-order chi connectivity index (χ0) is 42.1. The van der Waals surface area contributed by atoms with Gasteiger partial charge in [-0.05, 0) is 120 Å². The Morgan fingerprint density at radius 1 is 0.312 bits per heavy atom. The fourth-order valence-corrected chi connectivity index (χ4v) is 10.8. The number of hydrogen-bond donors (Lipinski definition) is 0. The van der Waals surface area contributed by atoms with Gasteiger partial charge in [0, 0.05) is 34.0 Å². The molecule has 3 aliphatic rings. The quantitative estimate of drug-likeness (QED) is 0.159. The summed E-state index contributed by atoms with van der Waals surface area (Å²) in [5, 5.41) is 2.23. The molecule has 10 aromatic carbocycles. The number of benzene rings is 10. The maximum absolute atomic E-state index is 6.61. The number of nitrogens with zero attached hydrogens (tertiary/aromatic N) is 1. The van der Waals surface area contributed by atoms with Crippen LogP contribution in [-0.4, -0.2) is 0 Å². The van der Waals surface area contributed by atoms with Gasteiger partial charge in [0.2, 0.25) is 0 Å². The molecule has 1 heterocycles. The Balaban J connectivity index is 0.962. The van der Waals surface area contributed by atoms with Crippen LogP contribution in [0.1, 0.15) is 45.2 Å². The average molecular weight is 816 g/mol. The fourth-order valence-electron chi connectivity index (χ4n) is 10.8. The van der Waals surface area contributed by atoms with E-state index in [1.807, 2.05) is 6.07 Å². The lowest BCUT2D eigenvalue weighted by atomic mass is 9.58. The molecule has 0 fully saturated rings. The number of fused-ring (bicyclic) bond motifs is 3. The van der Waals surface area contributed by atoms with E-state index in [0.717, 1.165) is 39.0 Å². The molecule has 0 saturated heterocycles. The normalized spacial score (nSPS) is 14.6. The summed E-state index contributed by atoms with van der Waals surface area (Å²) in [4.78, 5) is 2.32. The van der Waals surface area contributed by atoms with Crippen molar-refractivity contribution in [3.63, 3.8) is 0 Å². The molecule has 2 heteroatoms. The van der Waals surface area contributed by atoms with Crippen LogP contribution in [0.25, 0.3) is 66.4 Å². The summed E-state index contributed by atoms with van der Waals surface area (Å²) in [6.45, 7) is 0. The van der Waals surface area contributed by atoms with Crippen LogP contribution in [0.5, 0.6) is 0 Å². The van der Waals surface area contributed by atoms with E-state index >= 15 is 0 Å². The number of para-hydroxylation sites is 3. The Morgan fingerprint density at radius 3 is 1.42 bits per heavy atom. The average Bonchev–Trinajstić information content (AvgIpc) is 3.76. The van der Waals surface area contributed by atoms with Crippen LogP contribution < -0.4 is 4.90 Å². The van der Waals surface area contributed by atoms with Crippen molar-refractivity contribution in [2.45, 2.75) is 11.8 Å². The highest BCUT2D eigenvalue weighted by Crippen LogP contribution is 2.60. The molecule has 300 valence electrons. The molecule has 3 aliphatic carbocycles. The molecule has 0 aliphatic heterocycles. The minimum absolute atomic E-state index is 0.113. The van der Waals surface area contributed by atoms with Crippen LogP contribution in [0.4, 0.5) is 17.1 Å². The first-order valence-electron chi connectivity index (χ1n) is 22.2. The summed E-state index contributed by atoms with van der Waals surface area (Å²) in [5.41, 5.74) is 23.3. The lowest BCUT2D eigenvalue weighted by molar-refractivity contribution is 0.669. The molecule has 0 amide bonds. The number of rotatable bonds is 7. The van der Waals surface area contributed by atoms with Crippen molar-refractivity contribution >= 4 is 39.0 Å². The molecule has 0 unspecified atom stereocenters. The topological polar surface area (TPSA) is 16.4 Å². The van der Waals surface area contributed by atoms with E-state index < -0.39 is 0 Å². The van der Waals surface area contributed by atoms with Crippen molar-refractivity contribution in [3.8, 4) is 44.5 Å². The van der Waals surface area contributed by atoms with Crippen molar-refractivity contribution in [1.29, 1.82) is 0 Å². The smallest absolute Gasteiger partial charge is 0.159 e. The van der Waals surface area contributed by atoms with E-state index in [-0.39, 0.29) is 11.8 Å². The molecule has 0 spiro atoms. The van der Waals surface area contributed by atoms with Gasteiger partial charge in [-0.2, -0.15) is 0 Å². The van der Waals surface area contributed by atoms with E-state index in [2.05, 4.69) is 235 Å². The van der Waals surface area contributed by atoms with E-state index in [9.17, 15) is 0 Å². The summed E-state index contributed by atoms with van der Waals surface area (Å²) in [6, 6.07) is 86.5. The fraction of sp³-hybridized carbons (Fsp3) is 0.0323. The Kier molecular flexibility index (Phi) is 8.39. The molecule has 0 atom stereocenters. The lowest BCUT2D eigenvalue weighted by Crippen LogP contribution is -2.28. The third-order valence-corrected chi connectivity index (χ3v) is 13.7. The van der Waals surface area contributed by atoms with Crippen LogP contribution in [0.2, 0.25) is 0 Å². The van der Waals surface area contributed by atoms with Crippen molar-refractivity contribution in [2.24, 2.45) is 0 Å². The van der Waals surface area contributed by atoms with Crippen LogP contribution in [0.3, 0.4) is 0 Å². The SMILES string of the molecule is c1ccc(-c2ccc(-c3cccc(-c4ccc(-c5ccc(N(c6ccccc6)c6cccc7c6oc6ccccc67)cc5)c5c4C4c6ccccc6C5c5ccccc54)c3)cc2)cc1. The molecular weight excluding hydrogens is 775 g/mol. The zero-order valence-corrected chi connectivity index (χ0v) is 35.0. The molecular formula is C62H41NO.